The second kappa shape index (κ2) is 14.8. The molecule has 290 valence electrons. The highest BCUT2D eigenvalue weighted by atomic mass is 15.0. The molecule has 62 heavy (non-hydrogen) atoms. The number of fused-ring (bicyclic) bond motifs is 6. The van der Waals surface area contributed by atoms with Gasteiger partial charge in [-0.05, 0) is 105 Å². The van der Waals surface area contributed by atoms with Gasteiger partial charge in [0.05, 0.1) is 27.8 Å². The molecular formula is C60H40N2. The first-order valence-electron chi connectivity index (χ1n) is 21.3. The van der Waals surface area contributed by atoms with Crippen molar-refractivity contribution in [2.75, 3.05) is 0 Å². The van der Waals surface area contributed by atoms with E-state index in [4.69, 9.17) is 0 Å². The van der Waals surface area contributed by atoms with Crippen LogP contribution in [0.1, 0.15) is 0 Å². The van der Waals surface area contributed by atoms with Gasteiger partial charge in [0.2, 0.25) is 0 Å². The molecule has 12 aromatic rings. The van der Waals surface area contributed by atoms with Crippen molar-refractivity contribution in [1.82, 2.24) is 9.13 Å². The van der Waals surface area contributed by atoms with Crippen LogP contribution >= 0.6 is 0 Å². The Hall–Kier alpha value is -8.20. The third-order valence-corrected chi connectivity index (χ3v) is 12.5. The van der Waals surface area contributed by atoms with Gasteiger partial charge in [-0.1, -0.05) is 188 Å². The quantitative estimate of drug-likeness (QED) is 0.152. The van der Waals surface area contributed by atoms with E-state index in [9.17, 15) is 0 Å². The Labute approximate surface area is 360 Å². The van der Waals surface area contributed by atoms with Crippen LogP contribution in [0.5, 0.6) is 0 Å². The monoisotopic (exact) mass is 788 g/mol. The second-order valence-corrected chi connectivity index (χ2v) is 16.1. The van der Waals surface area contributed by atoms with Crippen LogP contribution in [0.15, 0.2) is 243 Å². The highest BCUT2D eigenvalue weighted by Gasteiger charge is 2.19. The summed E-state index contributed by atoms with van der Waals surface area (Å²) in [4.78, 5) is 0. The maximum Gasteiger partial charge on any atom is 0.0547 e. The number of benzene rings is 10. The molecule has 0 atom stereocenters. The lowest BCUT2D eigenvalue weighted by Gasteiger charge is -2.15. The number of hydrogen-bond donors (Lipinski definition) is 0. The van der Waals surface area contributed by atoms with Crippen LogP contribution in [0.4, 0.5) is 0 Å². The molecule has 12 rings (SSSR count). The van der Waals surface area contributed by atoms with Crippen LogP contribution in [0.2, 0.25) is 0 Å². The zero-order valence-electron chi connectivity index (χ0n) is 34.0. The first kappa shape index (κ1) is 35.7. The summed E-state index contributed by atoms with van der Waals surface area (Å²) in [6.07, 6.45) is 0. The Kier molecular flexibility index (Phi) is 8.53. The van der Waals surface area contributed by atoms with Crippen molar-refractivity contribution < 1.29 is 0 Å². The maximum atomic E-state index is 2.46. The van der Waals surface area contributed by atoms with Gasteiger partial charge in [0.25, 0.3) is 0 Å². The first-order chi connectivity index (χ1) is 30.8. The predicted octanol–water partition coefficient (Wildman–Crippen LogP) is 16.2. The molecule has 10 aromatic carbocycles. The fourth-order valence-electron chi connectivity index (χ4n) is 9.64. The van der Waals surface area contributed by atoms with E-state index in [0.29, 0.717) is 0 Å². The van der Waals surface area contributed by atoms with Crippen LogP contribution in [-0.2, 0) is 0 Å². The van der Waals surface area contributed by atoms with Crippen molar-refractivity contribution in [3.63, 3.8) is 0 Å². The summed E-state index contributed by atoms with van der Waals surface area (Å²) in [5.74, 6) is 0. The molecule has 0 unspecified atom stereocenters. The zero-order chi connectivity index (χ0) is 41.0. The molecule has 0 radical (unpaired) electrons. The summed E-state index contributed by atoms with van der Waals surface area (Å²) < 4.78 is 4.88. The minimum Gasteiger partial charge on any atom is -0.309 e. The Bertz CT molecular complexity index is 3500. The highest BCUT2D eigenvalue weighted by Crippen LogP contribution is 2.42. The summed E-state index contributed by atoms with van der Waals surface area (Å²) in [6.45, 7) is 0. The Balaban J connectivity index is 0.986. The topological polar surface area (TPSA) is 9.86 Å². The largest absolute Gasteiger partial charge is 0.309 e. The molecule has 0 saturated heterocycles. The van der Waals surface area contributed by atoms with Gasteiger partial charge in [-0.2, -0.15) is 0 Å². The van der Waals surface area contributed by atoms with E-state index in [-0.39, 0.29) is 0 Å². The van der Waals surface area contributed by atoms with E-state index < -0.39 is 0 Å². The van der Waals surface area contributed by atoms with E-state index in [1.54, 1.807) is 0 Å². The standard InChI is InChI=1S/C60H40N2/c1-4-16-41(17-5-1)46-22-14-23-49(38-46)61-56-28-13-11-25-52(56)60-51(26-15-29-59(60)61)45-32-30-44(31-33-45)50-24-10-12-27-55(50)62-57-36-34-47(42-18-6-2-7-19-42)39-53(57)54-40-48(35-37-58(54)62)43-20-8-3-9-21-43/h1-40H. The molecule has 2 nitrogen and oxygen atoms in total. The molecule has 2 aromatic heterocycles. The van der Waals surface area contributed by atoms with Gasteiger partial charge in [0.15, 0.2) is 0 Å². The number of hydrogen-bond acceptors (Lipinski definition) is 0. The van der Waals surface area contributed by atoms with E-state index in [1.807, 2.05) is 0 Å². The number of rotatable bonds is 7. The molecule has 2 heteroatoms. The summed E-state index contributed by atoms with van der Waals surface area (Å²) >= 11 is 0. The van der Waals surface area contributed by atoms with Crippen molar-refractivity contribution in [3.05, 3.63) is 243 Å². The van der Waals surface area contributed by atoms with E-state index in [2.05, 4.69) is 252 Å². The van der Waals surface area contributed by atoms with Crippen LogP contribution in [0, 0.1) is 0 Å². The van der Waals surface area contributed by atoms with Crippen LogP contribution in [0.25, 0.3) is 111 Å². The molecule has 0 amide bonds. The number of aromatic nitrogens is 2. The zero-order valence-corrected chi connectivity index (χ0v) is 34.0. The Morgan fingerprint density at radius 3 is 1.29 bits per heavy atom. The Morgan fingerprint density at radius 1 is 0.226 bits per heavy atom. The summed E-state index contributed by atoms with van der Waals surface area (Å²) in [6, 6.07) is 88.3. The molecule has 0 fully saturated rings. The molecule has 0 aliphatic carbocycles. The van der Waals surface area contributed by atoms with Gasteiger partial charge in [0, 0.05) is 32.8 Å². The highest BCUT2D eigenvalue weighted by molar-refractivity contribution is 6.16. The maximum absolute atomic E-state index is 2.46. The summed E-state index contributed by atoms with van der Waals surface area (Å²) in [7, 11) is 0. The van der Waals surface area contributed by atoms with Gasteiger partial charge in [-0.3, -0.25) is 0 Å². The lowest BCUT2D eigenvalue weighted by Crippen LogP contribution is -1.97. The van der Waals surface area contributed by atoms with Crippen molar-refractivity contribution >= 4 is 43.6 Å². The van der Waals surface area contributed by atoms with Crippen LogP contribution < -0.4 is 0 Å². The average Bonchev–Trinajstić information content (AvgIpc) is 3.87. The molecule has 0 spiro atoms. The van der Waals surface area contributed by atoms with Gasteiger partial charge < -0.3 is 9.13 Å². The van der Waals surface area contributed by atoms with E-state index in [0.717, 1.165) is 11.4 Å². The molecule has 0 aliphatic heterocycles. The van der Waals surface area contributed by atoms with Crippen molar-refractivity contribution in [2.24, 2.45) is 0 Å². The fraction of sp³-hybridized carbons (Fsp3) is 0. The predicted molar refractivity (Wildman–Crippen MR) is 262 cm³/mol. The van der Waals surface area contributed by atoms with Crippen molar-refractivity contribution in [3.8, 4) is 67.0 Å². The fourth-order valence-corrected chi connectivity index (χ4v) is 9.64. The summed E-state index contributed by atoms with van der Waals surface area (Å²) in [5.41, 5.74) is 19.1. The molecule has 0 N–H and O–H groups in total. The van der Waals surface area contributed by atoms with Crippen molar-refractivity contribution in [1.29, 1.82) is 0 Å². The van der Waals surface area contributed by atoms with Crippen molar-refractivity contribution in [2.45, 2.75) is 0 Å². The van der Waals surface area contributed by atoms with Gasteiger partial charge >= 0.3 is 0 Å². The molecule has 2 heterocycles. The smallest absolute Gasteiger partial charge is 0.0547 e. The third-order valence-electron chi connectivity index (χ3n) is 12.5. The molecule has 0 aliphatic rings. The van der Waals surface area contributed by atoms with E-state index >= 15 is 0 Å². The van der Waals surface area contributed by atoms with Gasteiger partial charge in [0.1, 0.15) is 0 Å². The van der Waals surface area contributed by atoms with Crippen LogP contribution in [-0.4, -0.2) is 9.13 Å². The second-order valence-electron chi connectivity index (χ2n) is 16.1. The molecule has 0 saturated carbocycles. The molecule has 0 bridgehead atoms. The third kappa shape index (κ3) is 5.96. The normalized spacial score (nSPS) is 11.5. The average molecular weight is 789 g/mol. The minimum absolute atomic E-state index is 1.15. The van der Waals surface area contributed by atoms with Gasteiger partial charge in [-0.25, -0.2) is 0 Å². The lowest BCUT2D eigenvalue weighted by molar-refractivity contribution is 1.18. The lowest BCUT2D eigenvalue weighted by atomic mass is 9.96. The SMILES string of the molecule is c1ccc(-c2cccc(-n3c4ccccc4c4c(-c5ccc(-c6ccccc6-n6c7ccc(-c8ccccc8)cc7c7cc(-c8ccccc8)ccc76)cc5)cccc43)c2)cc1. The van der Waals surface area contributed by atoms with E-state index in [1.165, 1.54) is 99.2 Å². The van der Waals surface area contributed by atoms with Gasteiger partial charge in [-0.15, -0.1) is 0 Å². The number of para-hydroxylation sites is 2. The Morgan fingerprint density at radius 2 is 0.661 bits per heavy atom. The van der Waals surface area contributed by atoms with Crippen LogP contribution in [0.3, 0.4) is 0 Å². The number of nitrogens with zero attached hydrogens (tertiary/aromatic N) is 2. The molecular weight excluding hydrogens is 749 g/mol. The first-order valence-corrected chi connectivity index (χ1v) is 21.3. The summed E-state index contributed by atoms with van der Waals surface area (Å²) in [5, 5.41) is 4.98. The minimum atomic E-state index is 1.15.